The van der Waals surface area contributed by atoms with Gasteiger partial charge in [0.15, 0.2) is 6.61 Å². The SMILES string of the molecule is CC[C@@H](C)NC(=O)[C@@H](CC)N(CCc1ccccc1)C(=O)COc1ccc(OC)cc1. The van der Waals surface area contributed by atoms with Crippen LogP contribution < -0.4 is 14.8 Å². The van der Waals surface area contributed by atoms with Crippen LogP contribution in [0.2, 0.25) is 0 Å². The fourth-order valence-electron chi connectivity index (χ4n) is 3.24. The zero-order valence-electron chi connectivity index (χ0n) is 19.0. The number of hydrogen-bond acceptors (Lipinski definition) is 4. The maximum absolute atomic E-state index is 13.1. The van der Waals surface area contributed by atoms with Crippen molar-refractivity contribution < 1.29 is 19.1 Å². The summed E-state index contributed by atoms with van der Waals surface area (Å²) in [5.74, 6) is 0.964. The highest BCUT2D eigenvalue weighted by Gasteiger charge is 2.29. The molecule has 6 heteroatoms. The van der Waals surface area contributed by atoms with Crippen molar-refractivity contribution in [3.8, 4) is 11.5 Å². The Morgan fingerprint density at radius 3 is 2.19 bits per heavy atom. The van der Waals surface area contributed by atoms with Gasteiger partial charge in [0, 0.05) is 12.6 Å². The minimum Gasteiger partial charge on any atom is -0.497 e. The van der Waals surface area contributed by atoms with Gasteiger partial charge in [0.1, 0.15) is 17.5 Å². The van der Waals surface area contributed by atoms with E-state index in [-0.39, 0.29) is 24.5 Å². The van der Waals surface area contributed by atoms with Gasteiger partial charge in [-0.15, -0.1) is 0 Å². The van der Waals surface area contributed by atoms with E-state index in [4.69, 9.17) is 9.47 Å². The first-order valence-corrected chi connectivity index (χ1v) is 10.9. The third-order valence-corrected chi connectivity index (χ3v) is 5.29. The molecular weight excluding hydrogens is 392 g/mol. The molecule has 2 rings (SSSR count). The minimum atomic E-state index is -0.537. The number of nitrogens with zero attached hydrogens (tertiary/aromatic N) is 1. The molecule has 2 atom stereocenters. The largest absolute Gasteiger partial charge is 0.497 e. The van der Waals surface area contributed by atoms with Crippen LogP contribution in [0.4, 0.5) is 0 Å². The minimum absolute atomic E-state index is 0.0585. The van der Waals surface area contributed by atoms with Crippen LogP contribution in [0.1, 0.15) is 39.2 Å². The number of carbonyl (C=O) groups excluding carboxylic acids is 2. The van der Waals surface area contributed by atoms with Crippen LogP contribution in [0.25, 0.3) is 0 Å². The van der Waals surface area contributed by atoms with Crippen LogP contribution in [-0.4, -0.2) is 49.1 Å². The first-order valence-electron chi connectivity index (χ1n) is 10.9. The molecule has 0 aliphatic rings. The number of methoxy groups -OCH3 is 1. The third-order valence-electron chi connectivity index (χ3n) is 5.29. The van der Waals surface area contributed by atoms with Gasteiger partial charge in [0.05, 0.1) is 7.11 Å². The average Bonchev–Trinajstić information content (AvgIpc) is 2.80. The van der Waals surface area contributed by atoms with Gasteiger partial charge >= 0.3 is 0 Å². The number of ether oxygens (including phenoxy) is 2. The summed E-state index contributed by atoms with van der Waals surface area (Å²) in [4.78, 5) is 27.7. The molecule has 0 bridgehead atoms. The lowest BCUT2D eigenvalue weighted by Crippen LogP contribution is -2.52. The first kappa shape index (κ1) is 24.3. The molecule has 0 fully saturated rings. The van der Waals surface area contributed by atoms with Gasteiger partial charge < -0.3 is 19.7 Å². The fraction of sp³-hybridized carbons (Fsp3) is 0.440. The van der Waals surface area contributed by atoms with E-state index < -0.39 is 6.04 Å². The highest BCUT2D eigenvalue weighted by Crippen LogP contribution is 2.17. The molecule has 2 aromatic carbocycles. The van der Waals surface area contributed by atoms with Crippen LogP contribution in [0.15, 0.2) is 54.6 Å². The average molecular weight is 427 g/mol. The lowest BCUT2D eigenvalue weighted by molar-refractivity contribution is -0.142. The van der Waals surface area contributed by atoms with Crippen molar-refractivity contribution in [1.82, 2.24) is 10.2 Å². The number of nitrogens with one attached hydrogen (secondary N) is 1. The molecule has 31 heavy (non-hydrogen) atoms. The highest BCUT2D eigenvalue weighted by molar-refractivity contribution is 5.88. The van der Waals surface area contributed by atoms with Crippen LogP contribution in [-0.2, 0) is 16.0 Å². The van der Waals surface area contributed by atoms with Gasteiger partial charge in [0.2, 0.25) is 5.91 Å². The van der Waals surface area contributed by atoms with E-state index in [9.17, 15) is 9.59 Å². The summed E-state index contributed by atoms with van der Waals surface area (Å²) in [6.45, 7) is 6.23. The molecule has 0 heterocycles. The Morgan fingerprint density at radius 2 is 1.61 bits per heavy atom. The third kappa shape index (κ3) is 7.63. The predicted molar refractivity (Wildman–Crippen MR) is 122 cm³/mol. The van der Waals surface area contributed by atoms with Crippen molar-refractivity contribution in [2.75, 3.05) is 20.3 Å². The van der Waals surface area contributed by atoms with Crippen molar-refractivity contribution in [2.24, 2.45) is 0 Å². The zero-order valence-corrected chi connectivity index (χ0v) is 19.0. The molecular formula is C25H34N2O4. The first-order chi connectivity index (χ1) is 15.0. The smallest absolute Gasteiger partial charge is 0.261 e. The van der Waals surface area contributed by atoms with Crippen LogP contribution >= 0.6 is 0 Å². The number of carbonyl (C=O) groups is 2. The maximum atomic E-state index is 13.1. The fourth-order valence-corrected chi connectivity index (χ4v) is 3.24. The Kier molecular flexibility index (Phi) is 9.88. The number of amides is 2. The molecule has 0 unspecified atom stereocenters. The Bertz CT molecular complexity index is 808. The van der Waals surface area contributed by atoms with E-state index in [1.807, 2.05) is 51.1 Å². The van der Waals surface area contributed by atoms with E-state index in [2.05, 4.69) is 5.32 Å². The van der Waals surface area contributed by atoms with Gasteiger partial charge in [-0.25, -0.2) is 0 Å². The predicted octanol–water partition coefficient (Wildman–Crippen LogP) is 3.84. The van der Waals surface area contributed by atoms with Crippen molar-refractivity contribution in [1.29, 1.82) is 0 Å². The van der Waals surface area contributed by atoms with E-state index in [1.54, 1.807) is 36.3 Å². The van der Waals surface area contributed by atoms with Crippen molar-refractivity contribution in [2.45, 2.75) is 52.1 Å². The maximum Gasteiger partial charge on any atom is 0.261 e. The topological polar surface area (TPSA) is 67.9 Å². The van der Waals surface area contributed by atoms with Crippen LogP contribution in [0, 0.1) is 0 Å². The summed E-state index contributed by atoms with van der Waals surface area (Å²) in [6.07, 6.45) is 2.04. The van der Waals surface area contributed by atoms with Gasteiger partial charge in [0.25, 0.3) is 5.91 Å². The summed E-state index contributed by atoms with van der Waals surface area (Å²) < 4.78 is 10.8. The number of benzene rings is 2. The Balaban J connectivity index is 2.11. The summed E-state index contributed by atoms with van der Waals surface area (Å²) in [5, 5.41) is 3.01. The Hall–Kier alpha value is -3.02. The summed E-state index contributed by atoms with van der Waals surface area (Å²) in [6, 6.07) is 16.6. The van der Waals surface area contributed by atoms with Crippen LogP contribution in [0.5, 0.6) is 11.5 Å². The lowest BCUT2D eigenvalue weighted by atomic mass is 10.1. The molecule has 0 aliphatic carbocycles. The second-order valence-corrected chi connectivity index (χ2v) is 7.53. The van der Waals surface area contributed by atoms with E-state index in [0.717, 1.165) is 17.7 Å². The molecule has 2 amide bonds. The molecule has 0 spiro atoms. The van der Waals surface area contributed by atoms with Crippen molar-refractivity contribution >= 4 is 11.8 Å². The van der Waals surface area contributed by atoms with E-state index >= 15 is 0 Å². The number of rotatable bonds is 12. The van der Waals surface area contributed by atoms with Gasteiger partial charge in [-0.05, 0) is 56.0 Å². The van der Waals surface area contributed by atoms with Crippen molar-refractivity contribution in [3.05, 3.63) is 60.2 Å². The quantitative estimate of drug-likeness (QED) is 0.560. The van der Waals surface area contributed by atoms with Gasteiger partial charge in [-0.3, -0.25) is 9.59 Å². The summed E-state index contributed by atoms with van der Waals surface area (Å²) in [5.41, 5.74) is 1.12. The molecule has 0 saturated carbocycles. The second kappa shape index (κ2) is 12.6. The molecule has 1 N–H and O–H groups in total. The lowest BCUT2D eigenvalue weighted by Gasteiger charge is -2.31. The molecule has 6 nitrogen and oxygen atoms in total. The number of hydrogen-bond donors (Lipinski definition) is 1. The molecule has 0 aromatic heterocycles. The van der Waals surface area contributed by atoms with Crippen molar-refractivity contribution in [3.63, 3.8) is 0 Å². The monoisotopic (exact) mass is 426 g/mol. The molecule has 2 aromatic rings. The highest BCUT2D eigenvalue weighted by atomic mass is 16.5. The second-order valence-electron chi connectivity index (χ2n) is 7.53. The summed E-state index contributed by atoms with van der Waals surface area (Å²) >= 11 is 0. The van der Waals surface area contributed by atoms with E-state index in [0.29, 0.717) is 25.1 Å². The standard InChI is InChI=1S/C25H34N2O4/c1-5-19(3)26-25(29)23(6-2)27(17-16-20-10-8-7-9-11-20)24(28)18-31-22-14-12-21(30-4)13-15-22/h7-15,19,23H,5-6,16-18H2,1-4H3,(H,26,29)/t19-,23-/m1/s1. The molecule has 168 valence electrons. The Morgan fingerprint density at radius 1 is 0.968 bits per heavy atom. The normalized spacial score (nSPS) is 12.5. The van der Waals surface area contributed by atoms with Gasteiger partial charge in [-0.1, -0.05) is 44.2 Å². The van der Waals surface area contributed by atoms with E-state index in [1.165, 1.54) is 0 Å². The van der Waals surface area contributed by atoms with Crippen LogP contribution in [0.3, 0.4) is 0 Å². The van der Waals surface area contributed by atoms with Gasteiger partial charge in [-0.2, -0.15) is 0 Å². The molecule has 0 saturated heterocycles. The zero-order chi connectivity index (χ0) is 22.6. The molecule has 0 aliphatic heterocycles. The summed E-state index contributed by atoms with van der Waals surface area (Å²) in [7, 11) is 1.60. The Labute approximate surface area is 185 Å². The molecule has 0 radical (unpaired) electrons.